The normalized spacial score (nSPS) is 17.3. The Morgan fingerprint density at radius 3 is 1.86 bits per heavy atom. The number of benzene rings is 6. The molecule has 10 rings (SSSR count). The van der Waals surface area contributed by atoms with Crippen LogP contribution in [-0.4, -0.2) is 6.28 Å². The summed E-state index contributed by atoms with van der Waals surface area (Å²) in [5.41, 5.74) is 12.7. The number of rotatable bonds is 1. The van der Waals surface area contributed by atoms with Crippen LogP contribution in [0, 0.1) is 0 Å². The Bertz CT molecular complexity index is 2190. The zero-order valence-electron chi connectivity index (χ0n) is 20.1. The van der Waals surface area contributed by atoms with Gasteiger partial charge in [-0.1, -0.05) is 97.1 Å². The Balaban J connectivity index is 1.60. The monoisotopic (exact) mass is 465 g/mol. The summed E-state index contributed by atoms with van der Waals surface area (Å²) in [6.07, 6.45) is 3.12. The molecule has 3 aliphatic rings. The number of pyridine rings is 1. The SMILES string of the molecule is c1cc[n+]([B@-]23c4ccc5cccc6c5c4-c4c-6ccc5ccc(c2c45)-c2cccc4cccc3c24)cc1. The van der Waals surface area contributed by atoms with Gasteiger partial charge in [0.15, 0.2) is 0 Å². The smallest absolute Gasteiger partial charge is 0.362 e. The van der Waals surface area contributed by atoms with Crippen LogP contribution in [0.3, 0.4) is 0 Å². The number of hydrogen-bond acceptors (Lipinski definition) is 0. The van der Waals surface area contributed by atoms with E-state index in [-0.39, 0.29) is 0 Å². The molecule has 0 unspecified atom stereocenters. The lowest BCUT2D eigenvalue weighted by Crippen LogP contribution is -2.86. The Kier molecular flexibility index (Phi) is 3.01. The molecule has 0 saturated carbocycles. The van der Waals surface area contributed by atoms with Gasteiger partial charge in [-0.25, -0.2) is 0 Å². The first-order chi connectivity index (χ1) is 18.4. The second-order valence-corrected chi connectivity index (χ2v) is 10.9. The maximum atomic E-state index is 2.54. The van der Waals surface area contributed by atoms with Crippen molar-refractivity contribution in [1.29, 1.82) is 0 Å². The summed E-state index contributed by atoms with van der Waals surface area (Å²) in [5, 5.41) is 8.24. The second-order valence-electron chi connectivity index (χ2n) is 10.9. The van der Waals surface area contributed by atoms with Crippen LogP contribution in [0.5, 0.6) is 0 Å². The highest BCUT2D eigenvalue weighted by Gasteiger charge is 2.52. The largest absolute Gasteiger partial charge is 0.415 e. The van der Waals surface area contributed by atoms with Gasteiger partial charge >= 0.3 is 6.28 Å². The highest BCUT2D eigenvalue weighted by Crippen LogP contribution is 2.52. The molecule has 0 amide bonds. The van der Waals surface area contributed by atoms with E-state index >= 15 is 0 Å². The first kappa shape index (κ1) is 18.6. The van der Waals surface area contributed by atoms with E-state index in [0.717, 1.165) is 0 Å². The Labute approximate surface area is 214 Å². The molecule has 1 nitrogen and oxygen atoms in total. The number of nitrogens with zero attached hydrogens (tertiary/aromatic N) is 1. The van der Waals surface area contributed by atoms with E-state index in [4.69, 9.17) is 0 Å². The molecule has 1 aromatic heterocycles. The minimum absolute atomic E-state index is 1.32. The molecule has 0 N–H and O–H groups in total. The van der Waals surface area contributed by atoms with Crippen molar-refractivity contribution in [3.8, 4) is 33.4 Å². The third kappa shape index (κ3) is 1.86. The van der Waals surface area contributed by atoms with Crippen LogP contribution in [0.1, 0.15) is 0 Å². The van der Waals surface area contributed by atoms with Crippen molar-refractivity contribution in [3.05, 3.63) is 122 Å². The van der Waals surface area contributed by atoms with Gasteiger partial charge in [-0.05, 0) is 77.8 Å². The fraction of sp³-hybridized carbons (Fsp3) is 0. The predicted molar refractivity (Wildman–Crippen MR) is 156 cm³/mol. The molecule has 0 saturated heterocycles. The molecule has 1 aliphatic carbocycles. The molecular formula is C35H20BN. The van der Waals surface area contributed by atoms with E-state index in [1.165, 1.54) is 82.1 Å². The standard InChI is InChI=1S/C35H20BN/c1-2-19-37(20-3-1)36-28-12-6-9-21-7-4-11-25(30(21)28)27-17-14-23-13-16-26-24-10-5-8-22-15-18-29(36)34(31(22)24)33(26)32(23)35(27)36/h1-20H/t36-/m1/s1. The van der Waals surface area contributed by atoms with E-state index in [1.54, 1.807) is 0 Å². The van der Waals surface area contributed by atoms with Crippen LogP contribution >= 0.6 is 0 Å². The lowest BCUT2D eigenvalue weighted by molar-refractivity contribution is -0.539. The average molecular weight is 465 g/mol. The van der Waals surface area contributed by atoms with Crippen molar-refractivity contribution < 1.29 is 4.48 Å². The van der Waals surface area contributed by atoms with Gasteiger partial charge in [-0.15, -0.1) is 16.4 Å². The van der Waals surface area contributed by atoms with Crippen LogP contribution in [-0.2, 0) is 0 Å². The van der Waals surface area contributed by atoms with Crippen molar-refractivity contribution in [2.75, 3.05) is 0 Å². The van der Waals surface area contributed by atoms with Crippen molar-refractivity contribution in [1.82, 2.24) is 0 Å². The zero-order valence-corrected chi connectivity index (χ0v) is 20.1. The number of aromatic nitrogens is 1. The number of hydrogen-bond donors (Lipinski definition) is 0. The predicted octanol–water partition coefficient (Wildman–Crippen LogP) is 5.89. The lowest BCUT2D eigenvalue weighted by atomic mass is 9.19. The van der Waals surface area contributed by atoms with E-state index < -0.39 is 6.28 Å². The second kappa shape index (κ2) is 5.99. The van der Waals surface area contributed by atoms with Gasteiger partial charge in [0.25, 0.3) is 0 Å². The van der Waals surface area contributed by atoms with E-state index in [9.17, 15) is 0 Å². The molecular weight excluding hydrogens is 445 g/mol. The molecule has 6 aromatic carbocycles. The van der Waals surface area contributed by atoms with Gasteiger partial charge in [0.2, 0.25) is 0 Å². The molecule has 168 valence electrons. The molecule has 0 radical (unpaired) electrons. The summed E-state index contributed by atoms with van der Waals surface area (Å²) >= 11 is 0. The van der Waals surface area contributed by atoms with Crippen LogP contribution in [0.4, 0.5) is 0 Å². The molecule has 2 heteroatoms. The topological polar surface area (TPSA) is 3.88 Å². The van der Waals surface area contributed by atoms with Crippen molar-refractivity contribution >= 4 is 55.0 Å². The third-order valence-corrected chi connectivity index (χ3v) is 9.58. The Hall–Kier alpha value is -4.69. The molecule has 7 aromatic rings. The fourth-order valence-corrected chi connectivity index (χ4v) is 8.40. The summed E-state index contributed by atoms with van der Waals surface area (Å²) < 4.78 is 2.54. The molecule has 0 fully saturated rings. The van der Waals surface area contributed by atoms with E-state index in [0.29, 0.717) is 0 Å². The van der Waals surface area contributed by atoms with Gasteiger partial charge in [0.05, 0.1) is 0 Å². The zero-order chi connectivity index (χ0) is 23.9. The van der Waals surface area contributed by atoms with Crippen molar-refractivity contribution in [2.45, 2.75) is 0 Å². The fourth-order valence-electron chi connectivity index (χ4n) is 8.40. The molecule has 2 aliphatic heterocycles. The van der Waals surface area contributed by atoms with Gasteiger partial charge in [0.1, 0.15) is 12.4 Å². The highest BCUT2D eigenvalue weighted by atomic mass is 14.9. The lowest BCUT2D eigenvalue weighted by Gasteiger charge is -2.46. The summed E-state index contributed by atoms with van der Waals surface area (Å²) in [7, 11) is 0. The summed E-state index contributed by atoms with van der Waals surface area (Å²) in [6.45, 7) is 0. The maximum Gasteiger partial charge on any atom is 0.362 e. The van der Waals surface area contributed by atoms with Gasteiger partial charge < -0.3 is 4.48 Å². The van der Waals surface area contributed by atoms with Gasteiger partial charge in [0, 0.05) is 0 Å². The number of fused-ring (bicyclic) bond motifs is 4. The van der Waals surface area contributed by atoms with E-state index in [1.807, 2.05) is 0 Å². The minimum atomic E-state index is -1.46. The average Bonchev–Trinajstić information content (AvgIpc) is 3.31. The molecule has 37 heavy (non-hydrogen) atoms. The van der Waals surface area contributed by atoms with Crippen LogP contribution in [0.15, 0.2) is 122 Å². The molecule has 0 bridgehead atoms. The quantitative estimate of drug-likeness (QED) is 0.266. The molecule has 0 spiro atoms. The van der Waals surface area contributed by atoms with Crippen LogP contribution in [0.25, 0.3) is 65.7 Å². The summed E-state index contributed by atoms with van der Waals surface area (Å²) in [5.74, 6) is 0. The van der Waals surface area contributed by atoms with Crippen molar-refractivity contribution in [3.63, 3.8) is 0 Å². The van der Waals surface area contributed by atoms with Gasteiger partial charge in [-0.2, -0.15) is 0 Å². The highest BCUT2D eigenvalue weighted by molar-refractivity contribution is 7.10. The third-order valence-electron chi connectivity index (χ3n) is 9.58. The first-order valence-electron chi connectivity index (χ1n) is 13.2. The summed E-state index contributed by atoms with van der Waals surface area (Å²) in [4.78, 5) is 0. The first-order valence-corrected chi connectivity index (χ1v) is 13.2. The van der Waals surface area contributed by atoms with E-state index in [2.05, 4.69) is 126 Å². The Morgan fingerprint density at radius 1 is 0.405 bits per heavy atom. The Morgan fingerprint density at radius 2 is 1.05 bits per heavy atom. The minimum Gasteiger partial charge on any atom is -0.415 e. The summed E-state index contributed by atoms with van der Waals surface area (Å²) in [6, 6.07) is 41.4. The van der Waals surface area contributed by atoms with Crippen LogP contribution in [0.2, 0.25) is 0 Å². The van der Waals surface area contributed by atoms with Crippen molar-refractivity contribution in [2.24, 2.45) is 0 Å². The maximum absolute atomic E-state index is 2.54. The van der Waals surface area contributed by atoms with Gasteiger partial charge in [-0.3, -0.25) is 0 Å². The molecule has 1 atom stereocenters. The van der Waals surface area contributed by atoms with Crippen LogP contribution < -0.4 is 20.9 Å². The molecule has 3 heterocycles.